The highest BCUT2D eigenvalue weighted by atomic mass is 16.6. The lowest BCUT2D eigenvalue weighted by Gasteiger charge is -2.19. The van der Waals surface area contributed by atoms with Gasteiger partial charge in [-0.2, -0.15) is 9.97 Å². The van der Waals surface area contributed by atoms with Crippen LogP contribution >= 0.6 is 0 Å². The molecular formula is C17H17N5O4. The molecule has 26 heavy (non-hydrogen) atoms. The van der Waals surface area contributed by atoms with Gasteiger partial charge in [0.25, 0.3) is 5.95 Å². The Kier molecular flexibility index (Phi) is 4.61. The first-order chi connectivity index (χ1) is 12.4. The minimum absolute atomic E-state index is 0.0655. The molecule has 0 aliphatic heterocycles. The number of aromatic nitrogens is 4. The summed E-state index contributed by atoms with van der Waals surface area (Å²) in [4.78, 5) is 35.3. The van der Waals surface area contributed by atoms with Gasteiger partial charge < -0.3 is 9.47 Å². The molecule has 0 bridgehead atoms. The van der Waals surface area contributed by atoms with E-state index in [1.165, 1.54) is 6.33 Å². The molecule has 1 aromatic carbocycles. The van der Waals surface area contributed by atoms with E-state index < -0.39 is 11.7 Å². The number of nitroso groups, excluding NO2 is 1. The summed E-state index contributed by atoms with van der Waals surface area (Å²) in [5, 5.41) is 2.75. The van der Waals surface area contributed by atoms with Crippen molar-refractivity contribution in [2.75, 3.05) is 0 Å². The molecule has 9 heteroatoms. The van der Waals surface area contributed by atoms with Gasteiger partial charge in [-0.1, -0.05) is 30.3 Å². The number of hydrogen-bond donors (Lipinski definition) is 0. The van der Waals surface area contributed by atoms with Gasteiger partial charge in [0.1, 0.15) is 18.5 Å². The normalized spacial score (nSPS) is 11.3. The third-order valence-corrected chi connectivity index (χ3v) is 3.24. The first kappa shape index (κ1) is 17.5. The second kappa shape index (κ2) is 6.87. The Balaban J connectivity index is 1.96. The van der Waals surface area contributed by atoms with Crippen LogP contribution in [0.5, 0.6) is 5.88 Å². The number of carbonyl (C=O) groups excluding carboxylic acids is 1. The van der Waals surface area contributed by atoms with Crippen LogP contribution in [0.3, 0.4) is 0 Å². The maximum atomic E-state index is 12.3. The summed E-state index contributed by atoms with van der Waals surface area (Å²) in [6.07, 6.45) is 0.571. The molecule has 0 saturated heterocycles. The highest BCUT2D eigenvalue weighted by Crippen LogP contribution is 2.25. The third-order valence-electron chi connectivity index (χ3n) is 3.24. The lowest BCUT2D eigenvalue weighted by Crippen LogP contribution is -2.26. The summed E-state index contributed by atoms with van der Waals surface area (Å²) in [7, 11) is 0. The summed E-state index contributed by atoms with van der Waals surface area (Å²) in [6, 6.07) is 9.42. The number of hydrogen-bond acceptors (Lipinski definition) is 8. The molecule has 3 aromatic rings. The van der Waals surface area contributed by atoms with E-state index in [1.54, 1.807) is 20.8 Å². The van der Waals surface area contributed by atoms with Gasteiger partial charge in [0.2, 0.25) is 5.88 Å². The third kappa shape index (κ3) is 3.82. The van der Waals surface area contributed by atoms with E-state index in [9.17, 15) is 9.70 Å². The van der Waals surface area contributed by atoms with Crippen LogP contribution in [0.25, 0.3) is 11.2 Å². The monoisotopic (exact) mass is 355 g/mol. The highest BCUT2D eigenvalue weighted by Gasteiger charge is 2.23. The van der Waals surface area contributed by atoms with Crippen molar-refractivity contribution in [1.82, 2.24) is 19.5 Å². The molecule has 0 aliphatic rings. The van der Waals surface area contributed by atoms with Crippen molar-refractivity contribution in [2.24, 2.45) is 5.18 Å². The fourth-order valence-corrected chi connectivity index (χ4v) is 2.18. The van der Waals surface area contributed by atoms with E-state index >= 15 is 0 Å². The van der Waals surface area contributed by atoms with E-state index in [0.29, 0.717) is 0 Å². The van der Waals surface area contributed by atoms with Crippen LogP contribution in [0.4, 0.5) is 10.7 Å². The number of ether oxygens (including phenoxy) is 2. The first-order valence-electron chi connectivity index (χ1n) is 7.86. The minimum atomic E-state index is -0.695. The number of imidazole rings is 1. The van der Waals surface area contributed by atoms with Gasteiger partial charge in [0, 0.05) is 5.18 Å². The van der Waals surface area contributed by atoms with E-state index in [2.05, 4.69) is 20.1 Å². The predicted octanol–water partition coefficient (Wildman–Crippen LogP) is 3.59. The van der Waals surface area contributed by atoms with Gasteiger partial charge in [-0.25, -0.2) is 14.3 Å². The zero-order chi connectivity index (χ0) is 18.7. The Morgan fingerprint density at radius 2 is 1.92 bits per heavy atom. The summed E-state index contributed by atoms with van der Waals surface area (Å²) >= 11 is 0. The molecule has 0 atom stereocenters. The molecule has 9 nitrogen and oxygen atoms in total. The van der Waals surface area contributed by atoms with Gasteiger partial charge in [-0.3, -0.25) is 0 Å². The van der Waals surface area contributed by atoms with Gasteiger partial charge >= 0.3 is 6.09 Å². The molecule has 2 aromatic heterocycles. The number of rotatable bonds is 4. The number of fused-ring (bicyclic) bond motifs is 1. The molecule has 2 heterocycles. The number of carbonyl (C=O) groups is 1. The molecule has 134 valence electrons. The summed E-state index contributed by atoms with van der Waals surface area (Å²) in [6.45, 7) is 5.44. The average molecular weight is 355 g/mol. The van der Waals surface area contributed by atoms with Crippen LogP contribution in [-0.2, 0) is 11.3 Å². The van der Waals surface area contributed by atoms with E-state index in [1.807, 2.05) is 30.3 Å². The van der Waals surface area contributed by atoms with Crippen molar-refractivity contribution < 1.29 is 14.3 Å². The molecule has 0 saturated carbocycles. The fraction of sp³-hybridized carbons (Fsp3) is 0.294. The van der Waals surface area contributed by atoms with Crippen molar-refractivity contribution in [1.29, 1.82) is 0 Å². The van der Waals surface area contributed by atoms with Crippen LogP contribution < -0.4 is 4.74 Å². The molecule has 0 aliphatic carbocycles. The van der Waals surface area contributed by atoms with Gasteiger partial charge in [0.15, 0.2) is 11.2 Å². The summed E-state index contributed by atoms with van der Waals surface area (Å²) in [5.41, 5.74) is 0.538. The van der Waals surface area contributed by atoms with Crippen molar-refractivity contribution in [3.05, 3.63) is 47.1 Å². The number of nitrogens with zero attached hydrogens (tertiary/aromatic N) is 5. The standard InChI is InChI=1S/C17H17N5O4/c1-17(2,3)26-16(23)22-10-18-12-13(22)19-15(21-24)20-14(12)25-9-11-7-5-4-6-8-11/h4-8,10H,9H2,1-3H3. The van der Waals surface area contributed by atoms with Gasteiger partial charge in [-0.15, -0.1) is 4.91 Å². The molecule has 0 amide bonds. The Labute approximate surface area is 149 Å². The van der Waals surface area contributed by atoms with Crippen LogP contribution in [0.15, 0.2) is 41.8 Å². The molecular weight excluding hydrogens is 338 g/mol. The van der Waals surface area contributed by atoms with Crippen LogP contribution in [0.1, 0.15) is 26.3 Å². The maximum Gasteiger partial charge on any atom is 0.421 e. The molecule has 0 spiro atoms. The van der Waals surface area contributed by atoms with Crippen LogP contribution in [0.2, 0.25) is 0 Å². The van der Waals surface area contributed by atoms with Crippen molar-refractivity contribution in [2.45, 2.75) is 33.0 Å². The maximum absolute atomic E-state index is 12.3. The van der Waals surface area contributed by atoms with Gasteiger partial charge in [0.05, 0.1) is 0 Å². The molecule has 0 fully saturated rings. The quantitative estimate of drug-likeness (QED) is 0.658. The highest BCUT2D eigenvalue weighted by molar-refractivity contribution is 5.87. The molecule has 0 N–H and O–H groups in total. The molecule has 3 rings (SSSR count). The average Bonchev–Trinajstić information content (AvgIpc) is 3.03. The van der Waals surface area contributed by atoms with E-state index in [0.717, 1.165) is 10.1 Å². The van der Waals surface area contributed by atoms with Crippen molar-refractivity contribution in [3.8, 4) is 5.88 Å². The Bertz CT molecular complexity index is 947. The van der Waals surface area contributed by atoms with Crippen molar-refractivity contribution in [3.63, 3.8) is 0 Å². The van der Waals surface area contributed by atoms with Crippen LogP contribution in [0, 0.1) is 4.91 Å². The first-order valence-corrected chi connectivity index (χ1v) is 7.86. The Morgan fingerprint density at radius 3 is 2.58 bits per heavy atom. The summed E-state index contributed by atoms with van der Waals surface area (Å²) in [5.74, 6) is -0.290. The molecule has 0 radical (unpaired) electrons. The summed E-state index contributed by atoms with van der Waals surface area (Å²) < 4.78 is 12.1. The second-order valence-electron chi connectivity index (χ2n) is 6.46. The Morgan fingerprint density at radius 1 is 1.19 bits per heavy atom. The fourth-order valence-electron chi connectivity index (χ4n) is 2.18. The second-order valence-corrected chi connectivity index (χ2v) is 6.46. The SMILES string of the molecule is CC(C)(C)OC(=O)n1cnc2c(OCc3ccccc3)nc(N=O)nc21. The zero-order valence-corrected chi connectivity index (χ0v) is 14.5. The largest absolute Gasteiger partial charge is 0.471 e. The smallest absolute Gasteiger partial charge is 0.421 e. The predicted molar refractivity (Wildman–Crippen MR) is 93.2 cm³/mol. The topological polar surface area (TPSA) is 109 Å². The van der Waals surface area contributed by atoms with Crippen LogP contribution in [-0.4, -0.2) is 31.2 Å². The van der Waals surface area contributed by atoms with Gasteiger partial charge in [-0.05, 0) is 26.3 Å². The molecule has 0 unspecified atom stereocenters. The van der Waals surface area contributed by atoms with E-state index in [-0.39, 0.29) is 29.6 Å². The lowest BCUT2D eigenvalue weighted by molar-refractivity contribution is 0.0543. The van der Waals surface area contributed by atoms with Crippen molar-refractivity contribution >= 4 is 23.2 Å². The minimum Gasteiger partial charge on any atom is -0.471 e. The zero-order valence-electron chi connectivity index (χ0n) is 14.5. The lowest BCUT2D eigenvalue weighted by atomic mass is 10.2. The Hall–Kier alpha value is -3.36. The van der Waals surface area contributed by atoms with E-state index in [4.69, 9.17) is 9.47 Å². The number of benzene rings is 1.